The summed E-state index contributed by atoms with van der Waals surface area (Å²) in [6, 6.07) is 14.8. The number of nitrogens with one attached hydrogen (secondary N) is 2. The van der Waals surface area contributed by atoms with Crippen LogP contribution >= 0.6 is 0 Å². The number of halogens is 2. The summed E-state index contributed by atoms with van der Waals surface area (Å²) in [7, 11) is 0. The Morgan fingerprint density at radius 1 is 1.03 bits per heavy atom. The Labute approximate surface area is 179 Å². The third-order valence-corrected chi connectivity index (χ3v) is 5.32. The number of amides is 1. The lowest BCUT2D eigenvalue weighted by molar-refractivity contribution is -0.130. The van der Waals surface area contributed by atoms with Crippen LogP contribution in [0, 0.1) is 11.6 Å². The van der Waals surface area contributed by atoms with Crippen molar-refractivity contribution in [3.05, 3.63) is 78.1 Å². The minimum absolute atomic E-state index is 0.0328. The Bertz CT molecular complexity index is 1040. The summed E-state index contributed by atoms with van der Waals surface area (Å²) in [6.45, 7) is 1.18. The number of hydrogen-bond acceptors (Lipinski definition) is 5. The molecule has 1 amide bonds. The first-order valence-corrected chi connectivity index (χ1v) is 10.2. The number of aromatic nitrogens is 2. The summed E-state index contributed by atoms with van der Waals surface area (Å²) in [5.74, 6) is 0.261. The molecule has 31 heavy (non-hydrogen) atoms. The topological polar surface area (TPSA) is 70.2 Å². The Balaban J connectivity index is 1.30. The monoisotopic (exact) mass is 423 g/mol. The van der Waals surface area contributed by atoms with Crippen LogP contribution in [0.4, 0.5) is 26.1 Å². The maximum atomic E-state index is 13.7. The number of nitrogens with zero attached hydrogens (tertiary/aromatic N) is 3. The van der Waals surface area contributed by atoms with Crippen molar-refractivity contribution in [2.45, 2.75) is 18.8 Å². The van der Waals surface area contributed by atoms with Gasteiger partial charge in [0.15, 0.2) is 0 Å². The Morgan fingerprint density at radius 3 is 2.58 bits per heavy atom. The van der Waals surface area contributed by atoms with Crippen molar-refractivity contribution < 1.29 is 13.6 Å². The van der Waals surface area contributed by atoms with Crippen LogP contribution < -0.4 is 10.6 Å². The predicted octanol–water partition coefficient (Wildman–Crippen LogP) is 4.32. The zero-order chi connectivity index (χ0) is 21.6. The number of carbonyl (C=O) groups excluding carboxylic acids is 1. The van der Waals surface area contributed by atoms with Crippen LogP contribution in [-0.2, 0) is 4.79 Å². The first-order valence-electron chi connectivity index (χ1n) is 10.2. The fraction of sp³-hybridized carbons (Fsp3) is 0.261. The molecule has 1 aliphatic heterocycles. The van der Waals surface area contributed by atoms with E-state index in [4.69, 9.17) is 4.98 Å². The van der Waals surface area contributed by atoms with E-state index in [2.05, 4.69) is 15.6 Å². The number of carbonyl (C=O) groups is 1. The molecule has 0 saturated carbocycles. The molecule has 1 saturated heterocycles. The van der Waals surface area contributed by atoms with Gasteiger partial charge in [-0.1, -0.05) is 12.1 Å². The lowest BCUT2D eigenvalue weighted by atomic mass is 9.93. The molecular formula is C23H23F2N5O. The largest absolute Gasteiger partial charge is 0.374 e. The average Bonchev–Trinajstić information content (AvgIpc) is 2.79. The molecule has 4 rings (SSSR count). The number of likely N-dealkylation sites (tertiary alicyclic amines) is 1. The van der Waals surface area contributed by atoms with Crippen molar-refractivity contribution in [2.24, 2.45) is 0 Å². The molecule has 1 fully saturated rings. The quantitative estimate of drug-likeness (QED) is 0.618. The zero-order valence-electron chi connectivity index (χ0n) is 16.9. The molecule has 3 heterocycles. The molecule has 2 N–H and O–H groups in total. The molecule has 0 aliphatic carbocycles. The van der Waals surface area contributed by atoms with E-state index < -0.39 is 11.6 Å². The number of hydrogen-bond donors (Lipinski definition) is 2. The zero-order valence-corrected chi connectivity index (χ0v) is 16.9. The van der Waals surface area contributed by atoms with Crippen LogP contribution in [0.1, 0.15) is 24.5 Å². The van der Waals surface area contributed by atoms with Crippen molar-refractivity contribution in [2.75, 3.05) is 30.3 Å². The standard InChI is InChI=1S/C23H23F2N5O/c24-17-7-8-20(18(25)14-17)27-15-23(31)30-12-9-16(10-13-30)19-4-3-6-22(28-19)29-21-5-1-2-11-26-21/h1-8,11,14,16,27H,9-10,12-13,15H2,(H,26,28,29). The maximum absolute atomic E-state index is 13.7. The molecule has 0 bridgehead atoms. The van der Waals surface area contributed by atoms with Gasteiger partial charge in [-0.05, 0) is 49.2 Å². The molecule has 3 aromatic rings. The van der Waals surface area contributed by atoms with Crippen LogP contribution in [0.3, 0.4) is 0 Å². The molecule has 2 aromatic heterocycles. The summed E-state index contributed by atoms with van der Waals surface area (Å²) in [4.78, 5) is 23.2. The van der Waals surface area contributed by atoms with Crippen molar-refractivity contribution in [3.8, 4) is 0 Å². The molecule has 0 unspecified atom stereocenters. The molecule has 8 heteroatoms. The second-order valence-corrected chi connectivity index (χ2v) is 7.42. The highest BCUT2D eigenvalue weighted by Gasteiger charge is 2.24. The minimum atomic E-state index is -0.711. The van der Waals surface area contributed by atoms with Crippen LogP contribution in [-0.4, -0.2) is 40.4 Å². The van der Waals surface area contributed by atoms with Gasteiger partial charge in [0.2, 0.25) is 5.91 Å². The minimum Gasteiger partial charge on any atom is -0.374 e. The number of anilines is 3. The van der Waals surface area contributed by atoms with E-state index in [0.29, 0.717) is 13.1 Å². The van der Waals surface area contributed by atoms with Crippen molar-refractivity contribution >= 4 is 23.2 Å². The molecule has 0 spiro atoms. The smallest absolute Gasteiger partial charge is 0.241 e. The highest BCUT2D eigenvalue weighted by molar-refractivity contribution is 5.81. The van der Waals surface area contributed by atoms with Gasteiger partial charge in [0.05, 0.1) is 12.2 Å². The van der Waals surface area contributed by atoms with Crippen molar-refractivity contribution in [1.29, 1.82) is 0 Å². The van der Waals surface area contributed by atoms with Crippen molar-refractivity contribution in [1.82, 2.24) is 14.9 Å². The van der Waals surface area contributed by atoms with Crippen LogP contribution in [0.15, 0.2) is 60.8 Å². The van der Waals surface area contributed by atoms with Gasteiger partial charge in [-0.25, -0.2) is 18.7 Å². The highest BCUT2D eigenvalue weighted by Crippen LogP contribution is 2.28. The van der Waals surface area contributed by atoms with E-state index in [9.17, 15) is 13.6 Å². The Morgan fingerprint density at radius 2 is 1.84 bits per heavy atom. The Kier molecular flexibility index (Phi) is 6.35. The normalized spacial score (nSPS) is 14.3. The second-order valence-electron chi connectivity index (χ2n) is 7.42. The van der Waals surface area contributed by atoms with Crippen LogP contribution in [0.2, 0.25) is 0 Å². The number of piperidine rings is 1. The maximum Gasteiger partial charge on any atom is 0.241 e. The SMILES string of the molecule is O=C(CNc1ccc(F)cc1F)N1CCC(c2cccc(Nc3ccccn3)n2)CC1. The third-order valence-electron chi connectivity index (χ3n) is 5.32. The summed E-state index contributed by atoms with van der Waals surface area (Å²) >= 11 is 0. The summed E-state index contributed by atoms with van der Waals surface area (Å²) < 4.78 is 26.7. The van der Waals surface area contributed by atoms with Gasteiger partial charge in [-0.15, -0.1) is 0 Å². The van der Waals surface area contributed by atoms with Gasteiger partial charge in [0, 0.05) is 37.0 Å². The van der Waals surface area contributed by atoms with Gasteiger partial charge in [0.1, 0.15) is 23.3 Å². The van der Waals surface area contributed by atoms with Crippen LogP contribution in [0.25, 0.3) is 0 Å². The van der Waals surface area contributed by atoms with E-state index in [1.54, 1.807) is 11.1 Å². The fourth-order valence-corrected chi connectivity index (χ4v) is 3.66. The second kappa shape index (κ2) is 9.51. The average molecular weight is 423 g/mol. The van der Waals surface area contributed by atoms with E-state index in [-0.39, 0.29) is 24.1 Å². The third kappa shape index (κ3) is 5.33. The van der Waals surface area contributed by atoms with Gasteiger partial charge in [-0.3, -0.25) is 4.79 Å². The van der Waals surface area contributed by atoms with Gasteiger partial charge < -0.3 is 15.5 Å². The van der Waals surface area contributed by atoms with Gasteiger partial charge in [-0.2, -0.15) is 0 Å². The number of pyridine rings is 2. The molecule has 6 nitrogen and oxygen atoms in total. The number of benzene rings is 1. The number of rotatable bonds is 6. The summed E-state index contributed by atoms with van der Waals surface area (Å²) in [5.41, 5.74) is 1.10. The molecular weight excluding hydrogens is 400 g/mol. The first kappa shape index (κ1) is 20.7. The van der Waals surface area contributed by atoms with Crippen LogP contribution in [0.5, 0.6) is 0 Å². The highest BCUT2D eigenvalue weighted by atomic mass is 19.1. The lowest BCUT2D eigenvalue weighted by Crippen LogP contribution is -2.41. The van der Waals surface area contributed by atoms with E-state index in [1.807, 2.05) is 36.4 Å². The summed E-state index contributed by atoms with van der Waals surface area (Å²) in [6.07, 6.45) is 3.33. The molecule has 0 atom stereocenters. The van der Waals surface area contributed by atoms with E-state index >= 15 is 0 Å². The molecule has 160 valence electrons. The van der Waals surface area contributed by atoms with Gasteiger partial charge >= 0.3 is 0 Å². The van der Waals surface area contributed by atoms with Gasteiger partial charge in [0.25, 0.3) is 0 Å². The van der Waals surface area contributed by atoms with E-state index in [0.717, 1.165) is 42.3 Å². The summed E-state index contributed by atoms with van der Waals surface area (Å²) in [5, 5.41) is 5.95. The fourth-order valence-electron chi connectivity index (χ4n) is 3.66. The molecule has 1 aliphatic rings. The van der Waals surface area contributed by atoms with Crippen molar-refractivity contribution in [3.63, 3.8) is 0 Å². The molecule has 1 aromatic carbocycles. The molecule has 0 radical (unpaired) electrons. The van der Waals surface area contributed by atoms with E-state index in [1.165, 1.54) is 6.07 Å². The Hall–Kier alpha value is -3.55. The lowest BCUT2D eigenvalue weighted by Gasteiger charge is -2.32. The first-order chi connectivity index (χ1) is 15.1. The predicted molar refractivity (Wildman–Crippen MR) is 115 cm³/mol.